The van der Waals surface area contributed by atoms with Crippen LogP contribution in [-0.2, 0) is 16.0 Å². The van der Waals surface area contributed by atoms with Crippen molar-refractivity contribution < 1.29 is 28.9 Å². The van der Waals surface area contributed by atoms with E-state index < -0.39 is 23.3 Å². The fourth-order valence-corrected chi connectivity index (χ4v) is 5.71. The topological polar surface area (TPSA) is 101 Å². The molecule has 1 saturated heterocycles. The number of piperazine rings is 1. The molecule has 0 radical (unpaired) electrons. The highest BCUT2D eigenvalue weighted by molar-refractivity contribution is 5.87. The predicted molar refractivity (Wildman–Crippen MR) is 163 cm³/mol. The number of carbonyl (C=O) groups excluding carboxylic acids is 2. The second-order valence-electron chi connectivity index (χ2n) is 12.9. The normalized spacial score (nSPS) is 18.9. The lowest BCUT2D eigenvalue weighted by Crippen LogP contribution is -2.64. The van der Waals surface area contributed by atoms with E-state index in [1.807, 2.05) is 36.4 Å². The molecule has 1 aliphatic heterocycles. The number of aliphatic hydroxyl groups is 1. The number of methoxy groups -OCH3 is 1. The number of nitrogens with zero attached hydrogens (tertiary/aromatic N) is 2. The van der Waals surface area contributed by atoms with E-state index in [9.17, 15) is 14.7 Å². The fraction of sp³-hybridized carbons (Fsp3) is 0.576. The van der Waals surface area contributed by atoms with Crippen molar-refractivity contribution in [1.29, 1.82) is 0 Å². The molecule has 1 unspecified atom stereocenters. The van der Waals surface area contributed by atoms with E-state index >= 15 is 0 Å². The van der Waals surface area contributed by atoms with Gasteiger partial charge in [-0.1, -0.05) is 30.3 Å². The molecule has 1 aliphatic carbocycles. The van der Waals surface area contributed by atoms with Crippen LogP contribution in [0.5, 0.6) is 11.5 Å². The molecule has 0 spiro atoms. The summed E-state index contributed by atoms with van der Waals surface area (Å²) in [4.78, 5) is 30.8. The SMILES string of the molecule is COc1ccc(N2CCN(C(=O)[C@H](NC(=O)OC(C)(C)C)C(C)(C)O)C(Cc3ccccc3)C2)cc1OC1CCCC1. The second-order valence-corrected chi connectivity index (χ2v) is 12.9. The van der Waals surface area contributed by atoms with E-state index in [0.29, 0.717) is 31.8 Å². The molecule has 42 heavy (non-hydrogen) atoms. The molecular weight excluding hydrogens is 534 g/mol. The number of anilines is 1. The number of amides is 2. The summed E-state index contributed by atoms with van der Waals surface area (Å²) in [6, 6.07) is 14.7. The summed E-state index contributed by atoms with van der Waals surface area (Å²) in [5.74, 6) is 1.11. The molecule has 1 saturated carbocycles. The zero-order chi connectivity index (χ0) is 30.5. The summed E-state index contributed by atoms with van der Waals surface area (Å²) < 4.78 is 17.4. The highest BCUT2D eigenvalue weighted by Gasteiger charge is 2.42. The van der Waals surface area contributed by atoms with Crippen LogP contribution in [0.25, 0.3) is 0 Å². The Morgan fingerprint density at radius 3 is 2.31 bits per heavy atom. The van der Waals surface area contributed by atoms with Crippen molar-refractivity contribution in [1.82, 2.24) is 10.2 Å². The highest BCUT2D eigenvalue weighted by Crippen LogP contribution is 2.36. The van der Waals surface area contributed by atoms with Crippen molar-refractivity contribution in [2.75, 3.05) is 31.6 Å². The number of ether oxygens (including phenoxy) is 3. The lowest BCUT2D eigenvalue weighted by molar-refractivity contribution is -0.142. The van der Waals surface area contributed by atoms with E-state index in [2.05, 4.69) is 22.3 Å². The molecule has 0 aromatic heterocycles. The molecule has 2 atom stereocenters. The summed E-state index contributed by atoms with van der Waals surface area (Å²) in [6.45, 7) is 9.89. The van der Waals surface area contributed by atoms with E-state index in [1.54, 1.807) is 32.8 Å². The maximum atomic E-state index is 14.1. The lowest BCUT2D eigenvalue weighted by atomic mass is 9.94. The Kier molecular flexibility index (Phi) is 9.92. The number of hydrogen-bond acceptors (Lipinski definition) is 7. The molecule has 9 nitrogen and oxygen atoms in total. The largest absolute Gasteiger partial charge is 0.493 e. The van der Waals surface area contributed by atoms with Crippen LogP contribution in [-0.4, -0.2) is 78.1 Å². The van der Waals surface area contributed by atoms with Crippen LogP contribution in [0.4, 0.5) is 10.5 Å². The Morgan fingerprint density at radius 2 is 1.69 bits per heavy atom. The average molecular weight is 582 g/mol. The highest BCUT2D eigenvalue weighted by atomic mass is 16.6. The first-order chi connectivity index (χ1) is 19.8. The van der Waals surface area contributed by atoms with E-state index in [-0.39, 0.29) is 18.1 Å². The fourth-order valence-electron chi connectivity index (χ4n) is 5.71. The molecule has 1 heterocycles. The van der Waals surface area contributed by atoms with Gasteiger partial charge in [0, 0.05) is 31.4 Å². The van der Waals surface area contributed by atoms with Crippen molar-refractivity contribution in [3.63, 3.8) is 0 Å². The van der Waals surface area contributed by atoms with Crippen LogP contribution in [0.3, 0.4) is 0 Å². The summed E-state index contributed by atoms with van der Waals surface area (Å²) >= 11 is 0. The van der Waals surface area contributed by atoms with Gasteiger partial charge in [-0.3, -0.25) is 4.79 Å². The van der Waals surface area contributed by atoms with Crippen LogP contribution < -0.4 is 19.7 Å². The summed E-state index contributed by atoms with van der Waals surface area (Å²) in [6.07, 6.45) is 4.53. The molecule has 230 valence electrons. The Morgan fingerprint density at radius 1 is 1.00 bits per heavy atom. The summed E-state index contributed by atoms with van der Waals surface area (Å²) in [7, 11) is 1.65. The number of alkyl carbamates (subject to hydrolysis) is 1. The molecule has 2 fully saturated rings. The number of hydrogen-bond donors (Lipinski definition) is 2. The monoisotopic (exact) mass is 581 g/mol. The minimum atomic E-state index is -1.51. The molecular formula is C33H47N3O6. The van der Waals surface area contributed by atoms with Gasteiger partial charge in [-0.2, -0.15) is 0 Å². The first kappa shape index (κ1) is 31.5. The maximum absolute atomic E-state index is 14.1. The van der Waals surface area contributed by atoms with Gasteiger partial charge in [0.2, 0.25) is 5.91 Å². The van der Waals surface area contributed by atoms with Crippen LogP contribution in [0.2, 0.25) is 0 Å². The lowest BCUT2D eigenvalue weighted by Gasteiger charge is -2.45. The van der Waals surface area contributed by atoms with E-state index in [1.165, 1.54) is 26.7 Å². The third-order valence-corrected chi connectivity index (χ3v) is 7.80. The van der Waals surface area contributed by atoms with Crippen molar-refractivity contribution in [3.05, 3.63) is 54.1 Å². The first-order valence-electron chi connectivity index (χ1n) is 15.0. The van der Waals surface area contributed by atoms with E-state index in [4.69, 9.17) is 14.2 Å². The van der Waals surface area contributed by atoms with Gasteiger partial charge in [-0.05, 0) is 84.4 Å². The third kappa shape index (κ3) is 8.31. The zero-order valence-corrected chi connectivity index (χ0v) is 25.9. The smallest absolute Gasteiger partial charge is 0.408 e. The first-order valence-corrected chi connectivity index (χ1v) is 15.0. The standard InChI is InChI=1S/C33H47N3O6/c1-32(2,3)42-31(38)34-29(33(4,5)39)30(37)36-19-18-35(22-25(36)20-23-12-8-7-9-13-23)24-16-17-27(40-6)28(21-24)41-26-14-10-11-15-26/h7-9,12-13,16-17,21,25-26,29,39H,10-11,14-15,18-20,22H2,1-6H3,(H,34,38)/t25?,29-/m0/s1. The van der Waals surface area contributed by atoms with Gasteiger partial charge >= 0.3 is 6.09 Å². The predicted octanol–water partition coefficient (Wildman–Crippen LogP) is 4.94. The molecule has 2 aromatic rings. The van der Waals surface area contributed by atoms with Gasteiger partial charge in [0.1, 0.15) is 11.6 Å². The van der Waals surface area contributed by atoms with E-state index in [0.717, 1.165) is 29.8 Å². The van der Waals surface area contributed by atoms with Gasteiger partial charge in [0.25, 0.3) is 0 Å². The average Bonchev–Trinajstić information content (AvgIpc) is 3.43. The van der Waals surface area contributed by atoms with Crippen molar-refractivity contribution >= 4 is 17.7 Å². The number of nitrogens with one attached hydrogen (secondary N) is 1. The number of benzene rings is 2. The molecule has 2 amide bonds. The summed E-state index contributed by atoms with van der Waals surface area (Å²) in [5, 5.41) is 13.6. The second kappa shape index (κ2) is 13.2. The molecule has 2 aliphatic rings. The number of carbonyl (C=O) groups is 2. The molecule has 9 heteroatoms. The van der Waals surface area contributed by atoms with Crippen LogP contribution in [0.15, 0.2) is 48.5 Å². The zero-order valence-electron chi connectivity index (χ0n) is 25.9. The Balaban J connectivity index is 1.58. The molecule has 2 aromatic carbocycles. The Bertz CT molecular complexity index is 1200. The van der Waals surface area contributed by atoms with Gasteiger partial charge in [0.15, 0.2) is 11.5 Å². The van der Waals surface area contributed by atoms with Gasteiger partial charge < -0.3 is 34.4 Å². The van der Waals surface area contributed by atoms with Crippen molar-refractivity contribution in [2.45, 2.75) is 96.1 Å². The maximum Gasteiger partial charge on any atom is 0.408 e. The van der Waals surface area contributed by atoms with Crippen LogP contribution >= 0.6 is 0 Å². The molecule has 4 rings (SSSR count). The van der Waals surface area contributed by atoms with Gasteiger partial charge in [-0.15, -0.1) is 0 Å². The minimum absolute atomic E-state index is 0.200. The third-order valence-electron chi connectivity index (χ3n) is 7.80. The molecule has 0 bridgehead atoms. The van der Waals surface area contributed by atoms with Crippen LogP contribution in [0, 0.1) is 0 Å². The number of rotatable bonds is 9. The summed E-state index contributed by atoms with van der Waals surface area (Å²) in [5.41, 5.74) is -0.149. The Hall–Kier alpha value is -3.46. The molecule has 2 N–H and O–H groups in total. The Labute approximate surface area is 250 Å². The quantitative estimate of drug-likeness (QED) is 0.433. The van der Waals surface area contributed by atoms with Crippen LogP contribution in [0.1, 0.15) is 65.9 Å². The van der Waals surface area contributed by atoms with Crippen molar-refractivity contribution in [3.8, 4) is 11.5 Å². The minimum Gasteiger partial charge on any atom is -0.493 e. The van der Waals surface area contributed by atoms with Gasteiger partial charge in [-0.25, -0.2) is 4.79 Å². The van der Waals surface area contributed by atoms with Crippen molar-refractivity contribution in [2.24, 2.45) is 0 Å². The van der Waals surface area contributed by atoms with Gasteiger partial charge in [0.05, 0.1) is 24.9 Å².